The highest BCUT2D eigenvalue weighted by Gasteiger charge is 1.96. The molecule has 1 N–H and O–H groups in total. The van der Waals surface area contributed by atoms with E-state index in [1.54, 1.807) is 0 Å². The molecule has 0 amide bonds. The fourth-order valence-electron chi connectivity index (χ4n) is 0.671. The minimum atomic E-state index is -0.167. The number of nitrogens with one attached hydrogen (secondary N) is 1. The summed E-state index contributed by atoms with van der Waals surface area (Å²) >= 11 is 0. The highest BCUT2D eigenvalue weighted by molar-refractivity contribution is 5.69. The molecule has 0 aromatic heterocycles. The molecule has 0 atom stereocenters. The van der Waals surface area contributed by atoms with Gasteiger partial charge >= 0.3 is 5.97 Å². The van der Waals surface area contributed by atoms with Crippen LogP contribution < -0.4 is 5.32 Å². The van der Waals surface area contributed by atoms with E-state index in [2.05, 4.69) is 16.1 Å². The van der Waals surface area contributed by atoms with Crippen LogP contribution in [0.3, 0.4) is 0 Å². The van der Waals surface area contributed by atoms with Gasteiger partial charge in [0.2, 0.25) is 0 Å². The fraction of sp³-hybridized carbons (Fsp3) is 0.667. The number of carbonyl (C=O) groups excluding carboxylic acids is 1. The van der Waals surface area contributed by atoms with Crippen LogP contribution in [0.5, 0.6) is 0 Å². The Bertz CT molecular complexity index is 160. The van der Waals surface area contributed by atoms with Crippen LogP contribution in [0.15, 0.2) is 11.6 Å². The molecule has 0 aliphatic rings. The van der Waals surface area contributed by atoms with Crippen molar-refractivity contribution in [2.75, 3.05) is 20.2 Å². The van der Waals surface area contributed by atoms with Crippen LogP contribution in [0.25, 0.3) is 0 Å². The first-order valence-electron chi connectivity index (χ1n) is 4.07. The normalized spacial score (nSPS) is 9.25. The van der Waals surface area contributed by atoms with Crippen molar-refractivity contribution >= 4 is 5.97 Å². The van der Waals surface area contributed by atoms with E-state index >= 15 is 0 Å². The molecule has 0 aromatic carbocycles. The zero-order valence-electron chi connectivity index (χ0n) is 8.02. The molecule has 12 heavy (non-hydrogen) atoms. The minimum Gasteiger partial charge on any atom is -0.469 e. The van der Waals surface area contributed by atoms with Gasteiger partial charge in [-0.05, 0) is 13.8 Å². The van der Waals surface area contributed by atoms with Crippen molar-refractivity contribution in [2.45, 2.75) is 20.3 Å². The number of hydrogen-bond donors (Lipinski definition) is 1. The summed E-state index contributed by atoms with van der Waals surface area (Å²) in [4.78, 5) is 10.6. The fourth-order valence-corrected chi connectivity index (χ4v) is 0.671. The van der Waals surface area contributed by atoms with E-state index in [9.17, 15) is 4.79 Å². The molecule has 3 heteroatoms. The summed E-state index contributed by atoms with van der Waals surface area (Å²) < 4.78 is 4.48. The summed E-state index contributed by atoms with van der Waals surface area (Å²) in [5.74, 6) is -0.167. The van der Waals surface area contributed by atoms with E-state index in [1.807, 2.05) is 13.8 Å². The Morgan fingerprint density at radius 1 is 1.50 bits per heavy atom. The lowest BCUT2D eigenvalue weighted by molar-refractivity contribution is -0.140. The largest absolute Gasteiger partial charge is 0.469 e. The standard InChI is InChI=1S/C9H17NO2/c1-8(2)4-6-10-7-5-9(11)12-3/h4,10H,5-7H2,1-3H3. The SMILES string of the molecule is COC(=O)CCNCC=C(C)C. The first kappa shape index (κ1) is 11.2. The number of esters is 1. The quantitative estimate of drug-likeness (QED) is 0.382. The van der Waals surface area contributed by atoms with Crippen molar-refractivity contribution in [2.24, 2.45) is 0 Å². The van der Waals surface area contributed by atoms with Crippen molar-refractivity contribution < 1.29 is 9.53 Å². The first-order chi connectivity index (χ1) is 5.66. The number of methoxy groups -OCH3 is 1. The van der Waals surface area contributed by atoms with Crippen LogP contribution >= 0.6 is 0 Å². The van der Waals surface area contributed by atoms with Crippen LogP contribution in [0.1, 0.15) is 20.3 Å². The topological polar surface area (TPSA) is 38.3 Å². The third-order valence-electron chi connectivity index (χ3n) is 1.39. The van der Waals surface area contributed by atoms with Crippen molar-refractivity contribution in [1.29, 1.82) is 0 Å². The Labute approximate surface area is 73.8 Å². The van der Waals surface area contributed by atoms with Crippen LogP contribution in [0.2, 0.25) is 0 Å². The molecule has 0 unspecified atom stereocenters. The summed E-state index contributed by atoms with van der Waals surface area (Å²) in [6, 6.07) is 0. The molecule has 0 aromatic rings. The molecule has 0 saturated carbocycles. The third kappa shape index (κ3) is 7.28. The van der Waals surface area contributed by atoms with Gasteiger partial charge in [0.05, 0.1) is 13.5 Å². The Morgan fingerprint density at radius 2 is 2.17 bits per heavy atom. The number of allylic oxidation sites excluding steroid dienone is 1. The highest BCUT2D eigenvalue weighted by Crippen LogP contribution is 1.86. The van der Waals surface area contributed by atoms with Crippen molar-refractivity contribution in [1.82, 2.24) is 5.32 Å². The number of ether oxygens (including phenoxy) is 1. The van der Waals surface area contributed by atoms with Gasteiger partial charge in [-0.2, -0.15) is 0 Å². The average Bonchev–Trinajstić information content (AvgIpc) is 2.03. The predicted molar refractivity (Wildman–Crippen MR) is 48.9 cm³/mol. The van der Waals surface area contributed by atoms with E-state index in [4.69, 9.17) is 0 Å². The van der Waals surface area contributed by atoms with Gasteiger partial charge in [0.15, 0.2) is 0 Å². The molecule has 0 saturated heterocycles. The lowest BCUT2D eigenvalue weighted by atomic mass is 10.3. The van der Waals surface area contributed by atoms with E-state index in [1.165, 1.54) is 12.7 Å². The van der Waals surface area contributed by atoms with Gasteiger partial charge in [0.25, 0.3) is 0 Å². The van der Waals surface area contributed by atoms with Crippen LogP contribution in [0, 0.1) is 0 Å². The van der Waals surface area contributed by atoms with Gasteiger partial charge < -0.3 is 10.1 Å². The van der Waals surface area contributed by atoms with Crippen LogP contribution in [-0.4, -0.2) is 26.2 Å². The molecule has 0 aliphatic heterocycles. The molecule has 0 radical (unpaired) electrons. The van der Waals surface area contributed by atoms with Crippen molar-refractivity contribution in [3.63, 3.8) is 0 Å². The Kier molecular flexibility index (Phi) is 6.38. The monoisotopic (exact) mass is 171 g/mol. The predicted octanol–water partition coefficient (Wildman–Crippen LogP) is 1.11. The Hall–Kier alpha value is -0.830. The van der Waals surface area contributed by atoms with E-state index in [0.29, 0.717) is 13.0 Å². The second kappa shape index (κ2) is 6.85. The molecular weight excluding hydrogens is 154 g/mol. The van der Waals surface area contributed by atoms with E-state index in [0.717, 1.165) is 6.54 Å². The molecule has 0 heterocycles. The first-order valence-corrected chi connectivity index (χ1v) is 4.07. The molecule has 3 nitrogen and oxygen atoms in total. The van der Waals surface area contributed by atoms with Gasteiger partial charge in [-0.25, -0.2) is 0 Å². The van der Waals surface area contributed by atoms with Gasteiger partial charge in [0, 0.05) is 13.1 Å². The van der Waals surface area contributed by atoms with Gasteiger partial charge in [-0.1, -0.05) is 11.6 Å². The summed E-state index contributed by atoms with van der Waals surface area (Å²) in [5.41, 5.74) is 1.28. The highest BCUT2D eigenvalue weighted by atomic mass is 16.5. The molecule has 0 aliphatic carbocycles. The molecule has 0 spiro atoms. The van der Waals surface area contributed by atoms with Gasteiger partial charge in [-0.3, -0.25) is 4.79 Å². The van der Waals surface area contributed by atoms with Crippen molar-refractivity contribution in [3.05, 3.63) is 11.6 Å². The second-order valence-electron chi connectivity index (χ2n) is 2.81. The molecule has 0 rings (SSSR count). The Morgan fingerprint density at radius 3 is 2.67 bits per heavy atom. The van der Waals surface area contributed by atoms with Crippen LogP contribution in [0.4, 0.5) is 0 Å². The number of hydrogen-bond acceptors (Lipinski definition) is 3. The Balaban J connectivity index is 3.22. The van der Waals surface area contributed by atoms with E-state index < -0.39 is 0 Å². The maximum Gasteiger partial charge on any atom is 0.306 e. The lowest BCUT2D eigenvalue weighted by Crippen LogP contribution is -2.18. The smallest absolute Gasteiger partial charge is 0.306 e. The maximum absolute atomic E-state index is 10.6. The third-order valence-corrected chi connectivity index (χ3v) is 1.39. The summed E-state index contributed by atoms with van der Waals surface area (Å²) in [6.07, 6.45) is 2.52. The number of rotatable bonds is 5. The van der Waals surface area contributed by atoms with Crippen molar-refractivity contribution in [3.8, 4) is 0 Å². The second-order valence-corrected chi connectivity index (χ2v) is 2.81. The lowest BCUT2D eigenvalue weighted by Gasteiger charge is -2.00. The number of carbonyl (C=O) groups is 1. The van der Waals surface area contributed by atoms with Gasteiger partial charge in [0.1, 0.15) is 0 Å². The zero-order chi connectivity index (χ0) is 9.40. The summed E-state index contributed by atoms with van der Waals surface area (Å²) in [6.45, 7) is 5.58. The molecular formula is C9H17NO2. The summed E-state index contributed by atoms with van der Waals surface area (Å²) in [5, 5.41) is 3.10. The minimum absolute atomic E-state index is 0.167. The average molecular weight is 171 g/mol. The van der Waals surface area contributed by atoms with Gasteiger partial charge in [-0.15, -0.1) is 0 Å². The summed E-state index contributed by atoms with van der Waals surface area (Å²) in [7, 11) is 1.40. The molecule has 0 fully saturated rings. The zero-order valence-corrected chi connectivity index (χ0v) is 8.02. The van der Waals surface area contributed by atoms with E-state index in [-0.39, 0.29) is 5.97 Å². The maximum atomic E-state index is 10.6. The van der Waals surface area contributed by atoms with Crippen LogP contribution in [-0.2, 0) is 9.53 Å². The molecule has 0 bridgehead atoms. The molecule has 70 valence electrons.